The van der Waals surface area contributed by atoms with Gasteiger partial charge >= 0.3 is 0 Å². The summed E-state index contributed by atoms with van der Waals surface area (Å²) in [5.41, 5.74) is 1.78. The minimum absolute atomic E-state index is 0.0975. The van der Waals surface area contributed by atoms with Gasteiger partial charge < -0.3 is 9.72 Å². The van der Waals surface area contributed by atoms with Gasteiger partial charge in [0.1, 0.15) is 11.6 Å². The van der Waals surface area contributed by atoms with Crippen LogP contribution in [0.2, 0.25) is 0 Å². The lowest BCUT2D eigenvalue weighted by atomic mass is 10.1. The summed E-state index contributed by atoms with van der Waals surface area (Å²) in [5.74, 6) is 1.49. The van der Waals surface area contributed by atoms with E-state index in [0.29, 0.717) is 12.2 Å². The number of aromatic nitrogens is 2. The van der Waals surface area contributed by atoms with Crippen LogP contribution in [-0.4, -0.2) is 17.1 Å². The molecule has 4 nitrogen and oxygen atoms in total. The van der Waals surface area contributed by atoms with E-state index in [-0.39, 0.29) is 5.56 Å². The lowest BCUT2D eigenvalue weighted by molar-refractivity contribution is 0.414. The second kappa shape index (κ2) is 5.49. The van der Waals surface area contributed by atoms with Gasteiger partial charge in [-0.2, -0.15) is 0 Å². The van der Waals surface area contributed by atoms with Gasteiger partial charge in [0.05, 0.1) is 7.11 Å². The van der Waals surface area contributed by atoms with Gasteiger partial charge in [0, 0.05) is 18.2 Å². The Balaban J connectivity index is 2.27. The smallest absolute Gasteiger partial charge is 0.251 e. The van der Waals surface area contributed by atoms with Crippen LogP contribution in [0, 0.1) is 0 Å². The molecule has 1 aromatic carbocycles. The Bertz CT molecular complexity index is 590. The molecule has 1 N–H and O–H groups in total. The van der Waals surface area contributed by atoms with E-state index in [4.69, 9.17) is 4.74 Å². The molecule has 0 aliphatic carbocycles. The summed E-state index contributed by atoms with van der Waals surface area (Å²) in [6, 6.07) is 9.28. The zero-order valence-electron chi connectivity index (χ0n) is 10.6. The van der Waals surface area contributed by atoms with Crippen LogP contribution in [0.5, 0.6) is 5.75 Å². The summed E-state index contributed by atoms with van der Waals surface area (Å²) in [4.78, 5) is 18.6. The van der Waals surface area contributed by atoms with E-state index in [2.05, 4.69) is 9.97 Å². The van der Waals surface area contributed by atoms with E-state index < -0.39 is 0 Å². The quantitative estimate of drug-likeness (QED) is 0.894. The van der Waals surface area contributed by atoms with Crippen molar-refractivity contribution in [1.29, 1.82) is 0 Å². The number of benzene rings is 1. The average molecular weight is 244 g/mol. The molecule has 0 fully saturated rings. The lowest BCUT2D eigenvalue weighted by Crippen LogP contribution is -2.12. The van der Waals surface area contributed by atoms with E-state index in [9.17, 15) is 4.79 Å². The fraction of sp³-hybridized carbons (Fsp3) is 0.286. The fourth-order valence-electron chi connectivity index (χ4n) is 1.80. The van der Waals surface area contributed by atoms with Crippen molar-refractivity contribution in [1.82, 2.24) is 9.97 Å². The van der Waals surface area contributed by atoms with Gasteiger partial charge in [0.25, 0.3) is 5.56 Å². The Kier molecular flexibility index (Phi) is 3.77. The van der Waals surface area contributed by atoms with E-state index in [0.717, 1.165) is 23.4 Å². The molecule has 2 rings (SSSR count). The fourth-order valence-corrected chi connectivity index (χ4v) is 1.80. The van der Waals surface area contributed by atoms with E-state index in [1.165, 1.54) is 6.07 Å². The van der Waals surface area contributed by atoms with Crippen molar-refractivity contribution in [2.75, 3.05) is 7.11 Å². The number of nitrogens with one attached hydrogen (secondary N) is 1. The number of rotatable bonds is 4. The Labute approximate surface area is 106 Å². The third kappa shape index (κ3) is 2.97. The Hall–Kier alpha value is -2.10. The summed E-state index contributed by atoms with van der Waals surface area (Å²) in [7, 11) is 1.64. The monoisotopic (exact) mass is 244 g/mol. The molecule has 0 radical (unpaired) electrons. The van der Waals surface area contributed by atoms with Crippen LogP contribution < -0.4 is 10.3 Å². The summed E-state index contributed by atoms with van der Waals surface area (Å²) >= 11 is 0. The lowest BCUT2D eigenvalue weighted by Gasteiger charge is -2.05. The highest BCUT2D eigenvalue weighted by Gasteiger charge is 2.02. The summed E-state index contributed by atoms with van der Waals surface area (Å²) in [6.07, 6.45) is 1.36. The first-order valence-corrected chi connectivity index (χ1v) is 5.93. The van der Waals surface area contributed by atoms with Crippen LogP contribution in [0.4, 0.5) is 0 Å². The molecule has 0 saturated heterocycles. The molecule has 0 spiro atoms. The maximum absolute atomic E-state index is 11.5. The van der Waals surface area contributed by atoms with Crippen LogP contribution >= 0.6 is 0 Å². The van der Waals surface area contributed by atoms with Crippen molar-refractivity contribution in [3.8, 4) is 5.75 Å². The number of nitrogens with zero attached hydrogens (tertiary/aromatic N) is 1. The van der Waals surface area contributed by atoms with Gasteiger partial charge in [-0.1, -0.05) is 19.1 Å². The first-order chi connectivity index (χ1) is 8.71. The van der Waals surface area contributed by atoms with Gasteiger partial charge in [-0.25, -0.2) is 4.98 Å². The highest BCUT2D eigenvalue weighted by atomic mass is 16.5. The largest absolute Gasteiger partial charge is 0.497 e. The second-order valence-corrected chi connectivity index (χ2v) is 4.07. The SMILES string of the molecule is CCc1cc(=O)[nH]c(Cc2cccc(OC)c2)n1. The zero-order chi connectivity index (χ0) is 13.0. The Morgan fingerprint density at radius 2 is 2.17 bits per heavy atom. The maximum Gasteiger partial charge on any atom is 0.251 e. The molecule has 0 amide bonds. The predicted molar refractivity (Wildman–Crippen MR) is 70.0 cm³/mol. The van der Waals surface area contributed by atoms with Gasteiger partial charge in [-0.3, -0.25) is 4.79 Å². The number of methoxy groups -OCH3 is 1. The third-order valence-corrected chi connectivity index (χ3v) is 2.71. The molecule has 0 bridgehead atoms. The first-order valence-electron chi connectivity index (χ1n) is 5.93. The zero-order valence-corrected chi connectivity index (χ0v) is 10.6. The van der Waals surface area contributed by atoms with Crippen LogP contribution in [0.15, 0.2) is 35.1 Å². The molecule has 2 aromatic rings. The molecule has 0 aliphatic heterocycles. The maximum atomic E-state index is 11.5. The molecule has 1 heterocycles. The minimum atomic E-state index is -0.0975. The molecule has 0 unspecified atom stereocenters. The summed E-state index contributed by atoms with van der Waals surface area (Å²) in [5, 5.41) is 0. The van der Waals surface area contributed by atoms with Crippen LogP contribution in [-0.2, 0) is 12.8 Å². The molecule has 18 heavy (non-hydrogen) atoms. The normalized spacial score (nSPS) is 10.3. The van der Waals surface area contributed by atoms with Crippen molar-refractivity contribution >= 4 is 0 Å². The minimum Gasteiger partial charge on any atom is -0.497 e. The number of ether oxygens (including phenoxy) is 1. The highest BCUT2D eigenvalue weighted by molar-refractivity contribution is 5.30. The van der Waals surface area contributed by atoms with Crippen molar-refractivity contribution in [2.45, 2.75) is 19.8 Å². The second-order valence-electron chi connectivity index (χ2n) is 4.07. The van der Waals surface area contributed by atoms with Gasteiger partial charge in [0.2, 0.25) is 0 Å². The molecule has 0 atom stereocenters. The summed E-state index contributed by atoms with van der Waals surface area (Å²) < 4.78 is 5.17. The van der Waals surface area contributed by atoms with Crippen molar-refractivity contribution in [3.05, 3.63) is 57.8 Å². The molecular formula is C14H16N2O2. The highest BCUT2D eigenvalue weighted by Crippen LogP contribution is 2.14. The van der Waals surface area contributed by atoms with Crippen molar-refractivity contribution in [2.24, 2.45) is 0 Å². The Morgan fingerprint density at radius 3 is 2.89 bits per heavy atom. The van der Waals surface area contributed by atoms with E-state index in [1.54, 1.807) is 7.11 Å². The molecule has 0 saturated carbocycles. The predicted octanol–water partition coefficient (Wildman–Crippen LogP) is 1.93. The van der Waals surface area contributed by atoms with E-state index >= 15 is 0 Å². The van der Waals surface area contributed by atoms with Crippen molar-refractivity contribution < 1.29 is 4.74 Å². The van der Waals surface area contributed by atoms with Crippen LogP contribution in [0.1, 0.15) is 24.0 Å². The average Bonchev–Trinajstić information content (AvgIpc) is 2.38. The topological polar surface area (TPSA) is 55.0 Å². The van der Waals surface area contributed by atoms with Gasteiger partial charge in [-0.15, -0.1) is 0 Å². The molecule has 0 aliphatic rings. The Morgan fingerprint density at radius 1 is 1.33 bits per heavy atom. The summed E-state index contributed by atoms with van der Waals surface area (Å²) in [6.45, 7) is 1.98. The van der Waals surface area contributed by atoms with Crippen LogP contribution in [0.3, 0.4) is 0 Å². The van der Waals surface area contributed by atoms with E-state index in [1.807, 2.05) is 31.2 Å². The molecular weight excluding hydrogens is 228 g/mol. The third-order valence-electron chi connectivity index (χ3n) is 2.71. The van der Waals surface area contributed by atoms with Crippen molar-refractivity contribution in [3.63, 3.8) is 0 Å². The first kappa shape index (κ1) is 12.4. The molecule has 4 heteroatoms. The van der Waals surface area contributed by atoms with Gasteiger partial charge in [0.15, 0.2) is 0 Å². The molecule has 94 valence electrons. The number of aryl methyl sites for hydroxylation is 1. The number of hydrogen-bond acceptors (Lipinski definition) is 3. The number of hydrogen-bond donors (Lipinski definition) is 1. The number of H-pyrrole nitrogens is 1. The van der Waals surface area contributed by atoms with Gasteiger partial charge in [-0.05, 0) is 24.1 Å². The number of aromatic amines is 1. The standard InChI is InChI=1S/C14H16N2O2/c1-3-11-9-14(17)16-13(15-11)8-10-5-4-6-12(7-10)18-2/h4-7,9H,3,8H2,1-2H3,(H,15,16,17). The van der Waals surface area contributed by atoms with Crippen LogP contribution in [0.25, 0.3) is 0 Å². The molecule has 1 aromatic heterocycles.